The SMILES string of the molecule is CC(=O)c1cccc(NC(=O)C(C)Sc2ccc(C)c(C)c2)c1. The Kier molecular flexibility index (Phi) is 5.61. The van der Waals surface area contributed by atoms with Crippen molar-refractivity contribution in [3.8, 4) is 0 Å². The fourth-order valence-corrected chi connectivity index (χ4v) is 3.07. The van der Waals surface area contributed by atoms with Crippen molar-refractivity contribution >= 4 is 29.1 Å². The smallest absolute Gasteiger partial charge is 0.237 e. The summed E-state index contributed by atoms with van der Waals surface area (Å²) in [6.45, 7) is 7.53. The minimum atomic E-state index is -0.224. The van der Waals surface area contributed by atoms with E-state index in [0.29, 0.717) is 11.3 Å². The Bertz CT molecular complexity index is 740. The molecule has 1 atom stereocenters. The summed E-state index contributed by atoms with van der Waals surface area (Å²) in [5.74, 6) is -0.0902. The van der Waals surface area contributed by atoms with Gasteiger partial charge in [0.1, 0.15) is 0 Å². The number of aryl methyl sites for hydroxylation is 2. The lowest BCUT2D eigenvalue weighted by molar-refractivity contribution is -0.115. The average Bonchev–Trinajstić information content (AvgIpc) is 2.51. The predicted octanol–water partition coefficient (Wildman–Crippen LogP) is 4.63. The molecule has 0 aliphatic rings. The van der Waals surface area contributed by atoms with Gasteiger partial charge < -0.3 is 5.32 Å². The van der Waals surface area contributed by atoms with Crippen molar-refractivity contribution < 1.29 is 9.59 Å². The van der Waals surface area contributed by atoms with Crippen LogP contribution < -0.4 is 5.32 Å². The summed E-state index contributed by atoms with van der Waals surface area (Å²) in [5.41, 5.74) is 3.71. The molecule has 0 fully saturated rings. The maximum absolute atomic E-state index is 12.3. The molecule has 0 aliphatic carbocycles. The van der Waals surface area contributed by atoms with Crippen molar-refractivity contribution in [3.05, 3.63) is 59.2 Å². The van der Waals surface area contributed by atoms with Crippen LogP contribution in [-0.4, -0.2) is 16.9 Å². The van der Waals surface area contributed by atoms with E-state index in [0.717, 1.165) is 4.90 Å². The van der Waals surface area contributed by atoms with E-state index in [1.54, 1.807) is 24.3 Å². The first kappa shape index (κ1) is 17.3. The summed E-state index contributed by atoms with van der Waals surface area (Å²) in [6.07, 6.45) is 0. The van der Waals surface area contributed by atoms with Crippen molar-refractivity contribution in [2.45, 2.75) is 37.8 Å². The zero-order valence-electron chi connectivity index (χ0n) is 13.8. The molecule has 2 aromatic carbocycles. The van der Waals surface area contributed by atoms with Crippen LogP contribution in [0.2, 0.25) is 0 Å². The zero-order valence-corrected chi connectivity index (χ0v) is 14.7. The lowest BCUT2D eigenvalue weighted by Gasteiger charge is -2.13. The topological polar surface area (TPSA) is 46.2 Å². The number of nitrogens with one attached hydrogen (secondary N) is 1. The number of thioether (sulfide) groups is 1. The van der Waals surface area contributed by atoms with Crippen LogP contribution in [0.3, 0.4) is 0 Å². The molecular weight excluding hydrogens is 306 g/mol. The van der Waals surface area contributed by atoms with Crippen molar-refractivity contribution in [3.63, 3.8) is 0 Å². The van der Waals surface area contributed by atoms with Gasteiger partial charge in [-0.25, -0.2) is 0 Å². The molecule has 0 saturated carbocycles. The number of carbonyl (C=O) groups excluding carboxylic acids is 2. The van der Waals surface area contributed by atoms with E-state index in [1.807, 2.05) is 13.0 Å². The molecule has 4 heteroatoms. The van der Waals surface area contributed by atoms with Crippen molar-refractivity contribution in [1.82, 2.24) is 0 Å². The van der Waals surface area contributed by atoms with Crippen molar-refractivity contribution in [2.75, 3.05) is 5.32 Å². The molecule has 23 heavy (non-hydrogen) atoms. The van der Waals surface area contributed by atoms with Gasteiger partial charge in [-0.1, -0.05) is 18.2 Å². The molecule has 0 aliphatic heterocycles. The van der Waals surface area contributed by atoms with Crippen molar-refractivity contribution in [1.29, 1.82) is 0 Å². The molecule has 2 rings (SSSR count). The van der Waals surface area contributed by atoms with Crippen LogP contribution in [0.5, 0.6) is 0 Å². The summed E-state index contributed by atoms with van der Waals surface area (Å²) < 4.78 is 0. The molecule has 0 heterocycles. The number of hydrogen-bond acceptors (Lipinski definition) is 3. The maximum atomic E-state index is 12.3. The quantitative estimate of drug-likeness (QED) is 0.643. The van der Waals surface area contributed by atoms with E-state index in [4.69, 9.17) is 0 Å². The van der Waals surface area contributed by atoms with E-state index in [2.05, 4.69) is 31.3 Å². The first-order valence-corrected chi connectivity index (χ1v) is 8.40. The number of amides is 1. The zero-order chi connectivity index (χ0) is 17.0. The lowest BCUT2D eigenvalue weighted by Crippen LogP contribution is -2.22. The Balaban J connectivity index is 2.03. The van der Waals surface area contributed by atoms with Gasteiger partial charge in [-0.15, -0.1) is 11.8 Å². The van der Waals surface area contributed by atoms with E-state index in [-0.39, 0.29) is 16.9 Å². The number of carbonyl (C=O) groups is 2. The van der Waals surface area contributed by atoms with Crippen LogP contribution >= 0.6 is 11.8 Å². The number of anilines is 1. The fourth-order valence-electron chi connectivity index (χ4n) is 2.10. The highest BCUT2D eigenvalue weighted by Gasteiger charge is 2.15. The molecule has 2 aromatic rings. The average molecular weight is 327 g/mol. The second-order valence-corrected chi connectivity index (χ2v) is 7.05. The Morgan fingerprint density at radius 2 is 1.78 bits per heavy atom. The van der Waals surface area contributed by atoms with Crippen LogP contribution in [0.1, 0.15) is 35.3 Å². The molecule has 0 radical (unpaired) electrons. The van der Waals surface area contributed by atoms with E-state index in [9.17, 15) is 9.59 Å². The Hall–Kier alpha value is -2.07. The number of benzene rings is 2. The standard InChI is InChI=1S/C19H21NO2S/c1-12-8-9-18(10-13(12)2)23-15(4)19(22)20-17-7-5-6-16(11-17)14(3)21/h5-11,15H,1-4H3,(H,20,22). The first-order chi connectivity index (χ1) is 10.9. The number of rotatable bonds is 5. The van der Waals surface area contributed by atoms with Gasteiger partial charge in [-0.3, -0.25) is 9.59 Å². The largest absolute Gasteiger partial charge is 0.325 e. The van der Waals surface area contributed by atoms with Gasteiger partial charge in [0.05, 0.1) is 5.25 Å². The minimum absolute atomic E-state index is 0.0151. The van der Waals surface area contributed by atoms with E-state index in [1.165, 1.54) is 29.8 Å². The molecule has 0 saturated heterocycles. The van der Waals surface area contributed by atoms with E-state index >= 15 is 0 Å². The monoisotopic (exact) mass is 327 g/mol. The molecule has 1 unspecified atom stereocenters. The second-order valence-electron chi connectivity index (χ2n) is 5.63. The number of Topliss-reactive ketones (excluding diaryl/α,β-unsaturated/α-hetero) is 1. The van der Waals surface area contributed by atoms with Crippen LogP contribution in [0.25, 0.3) is 0 Å². The molecule has 0 aromatic heterocycles. The van der Waals surface area contributed by atoms with Gasteiger partial charge >= 0.3 is 0 Å². The first-order valence-electron chi connectivity index (χ1n) is 7.52. The summed E-state index contributed by atoms with van der Waals surface area (Å²) >= 11 is 1.53. The molecule has 0 bridgehead atoms. The fraction of sp³-hybridized carbons (Fsp3) is 0.263. The normalized spacial score (nSPS) is 11.8. The Morgan fingerprint density at radius 1 is 1.04 bits per heavy atom. The van der Waals surface area contributed by atoms with Gasteiger partial charge in [-0.2, -0.15) is 0 Å². The summed E-state index contributed by atoms with van der Waals surface area (Å²) in [6, 6.07) is 13.2. The van der Waals surface area contributed by atoms with E-state index < -0.39 is 0 Å². The second kappa shape index (κ2) is 7.47. The highest BCUT2D eigenvalue weighted by atomic mass is 32.2. The molecule has 1 amide bonds. The predicted molar refractivity (Wildman–Crippen MR) is 96.3 cm³/mol. The number of hydrogen-bond donors (Lipinski definition) is 1. The molecule has 120 valence electrons. The third-order valence-corrected chi connectivity index (χ3v) is 4.79. The third kappa shape index (κ3) is 4.70. The highest BCUT2D eigenvalue weighted by Crippen LogP contribution is 2.26. The lowest BCUT2D eigenvalue weighted by atomic mass is 10.1. The Morgan fingerprint density at radius 3 is 2.43 bits per heavy atom. The highest BCUT2D eigenvalue weighted by molar-refractivity contribution is 8.00. The van der Waals surface area contributed by atoms with Gasteiger partial charge in [0.25, 0.3) is 0 Å². The van der Waals surface area contributed by atoms with Crippen LogP contribution in [0, 0.1) is 13.8 Å². The Labute approximate surface area is 141 Å². The molecular formula is C19H21NO2S. The molecule has 3 nitrogen and oxygen atoms in total. The summed E-state index contributed by atoms with van der Waals surface area (Å²) in [7, 11) is 0. The van der Waals surface area contributed by atoms with Crippen LogP contribution in [0.15, 0.2) is 47.4 Å². The summed E-state index contributed by atoms with van der Waals surface area (Å²) in [4.78, 5) is 24.8. The summed E-state index contributed by atoms with van der Waals surface area (Å²) in [5, 5.41) is 2.65. The van der Waals surface area contributed by atoms with Gasteiger partial charge in [0, 0.05) is 16.1 Å². The van der Waals surface area contributed by atoms with Gasteiger partial charge in [-0.05, 0) is 63.1 Å². The van der Waals surface area contributed by atoms with Crippen molar-refractivity contribution in [2.24, 2.45) is 0 Å². The van der Waals surface area contributed by atoms with Crippen LogP contribution in [-0.2, 0) is 4.79 Å². The van der Waals surface area contributed by atoms with Crippen LogP contribution in [0.4, 0.5) is 5.69 Å². The van der Waals surface area contributed by atoms with Gasteiger partial charge in [0.15, 0.2) is 5.78 Å². The molecule has 1 N–H and O–H groups in total. The third-order valence-electron chi connectivity index (χ3n) is 3.70. The van der Waals surface area contributed by atoms with Gasteiger partial charge in [0.2, 0.25) is 5.91 Å². The molecule has 0 spiro atoms. The maximum Gasteiger partial charge on any atom is 0.237 e. The minimum Gasteiger partial charge on any atom is -0.325 e. The number of ketones is 1.